The number of nitrogens with zero attached hydrogens (tertiary/aromatic N) is 2. The minimum absolute atomic E-state index is 0.176. The Bertz CT molecular complexity index is 465. The largest absolute Gasteiger partial charge is 0.486 e. The summed E-state index contributed by atoms with van der Waals surface area (Å²) in [4.78, 5) is 16.6. The number of amides is 1. The highest BCUT2D eigenvalue weighted by Crippen LogP contribution is 2.27. The highest BCUT2D eigenvalue weighted by Gasteiger charge is 2.28. The number of hydrogen-bond donors (Lipinski definition) is 1. The zero-order valence-corrected chi connectivity index (χ0v) is 11.0. The van der Waals surface area contributed by atoms with E-state index in [1.54, 1.807) is 12.1 Å². The molecule has 2 rings (SSSR count). The van der Waals surface area contributed by atoms with Crippen LogP contribution in [0.25, 0.3) is 0 Å². The van der Waals surface area contributed by atoms with E-state index in [0.717, 1.165) is 0 Å². The zero-order valence-electron chi connectivity index (χ0n) is 10.3. The third-order valence-corrected chi connectivity index (χ3v) is 3.14. The van der Waals surface area contributed by atoms with E-state index >= 15 is 0 Å². The van der Waals surface area contributed by atoms with Gasteiger partial charge in [0.1, 0.15) is 22.7 Å². The second-order valence-corrected chi connectivity index (χ2v) is 5.03. The summed E-state index contributed by atoms with van der Waals surface area (Å²) >= 11 is 5.82. The van der Waals surface area contributed by atoms with Crippen LogP contribution >= 0.6 is 11.6 Å². The molecule has 98 valence electrons. The van der Waals surface area contributed by atoms with Gasteiger partial charge in [0.15, 0.2) is 0 Å². The Morgan fingerprint density at radius 2 is 2.33 bits per heavy atom. The van der Waals surface area contributed by atoms with Gasteiger partial charge < -0.3 is 9.84 Å². The molecule has 1 aliphatic rings. The number of aromatic nitrogens is 1. The van der Waals surface area contributed by atoms with Crippen LogP contribution in [0.2, 0.25) is 5.15 Å². The second-order valence-electron chi connectivity index (χ2n) is 4.64. The fourth-order valence-corrected chi connectivity index (χ4v) is 2.00. The molecule has 0 spiro atoms. The lowest BCUT2D eigenvalue weighted by molar-refractivity contribution is 0.0959. The van der Waals surface area contributed by atoms with Crippen molar-refractivity contribution < 1.29 is 14.6 Å². The summed E-state index contributed by atoms with van der Waals surface area (Å²) in [5.41, 5.74) is 0.563. The average Bonchev–Trinajstić information content (AvgIpc) is 2.47. The van der Waals surface area contributed by atoms with Gasteiger partial charge in [-0.05, 0) is 18.1 Å². The summed E-state index contributed by atoms with van der Waals surface area (Å²) in [7, 11) is 0. The molecule has 2 heterocycles. The maximum Gasteiger partial charge on any atom is 0.407 e. The Morgan fingerprint density at radius 1 is 1.61 bits per heavy atom. The number of pyridine rings is 1. The van der Waals surface area contributed by atoms with Crippen molar-refractivity contribution in [2.75, 3.05) is 6.54 Å². The first kappa shape index (κ1) is 13.0. The molecule has 0 fully saturated rings. The maximum absolute atomic E-state index is 11.2. The molecule has 1 aromatic rings. The predicted octanol–water partition coefficient (Wildman–Crippen LogP) is 2.63. The van der Waals surface area contributed by atoms with E-state index in [-0.39, 0.29) is 18.6 Å². The third-order valence-electron chi connectivity index (χ3n) is 2.93. The number of hydrogen-bond acceptors (Lipinski definition) is 3. The van der Waals surface area contributed by atoms with Crippen LogP contribution in [0, 0.1) is 5.92 Å². The summed E-state index contributed by atoms with van der Waals surface area (Å²) in [6, 6.07) is 3.39. The minimum Gasteiger partial charge on any atom is -0.486 e. The smallest absolute Gasteiger partial charge is 0.407 e. The quantitative estimate of drug-likeness (QED) is 0.797. The maximum atomic E-state index is 11.2. The molecule has 1 aromatic heterocycles. The molecule has 0 unspecified atom stereocenters. The Kier molecular flexibility index (Phi) is 3.61. The first-order chi connectivity index (χ1) is 8.47. The molecular weight excluding hydrogens is 256 g/mol. The Labute approximate surface area is 110 Å². The standard InChI is InChI=1S/C12H15ClN2O3/c1-7(2)10-6-15(12(16)17)5-8-9(18-10)3-4-11(13)14-8/h3-4,7,10H,5-6H2,1-2H3,(H,16,17)/t10-/m0/s1. The normalized spacial score (nSPS) is 19.1. The van der Waals surface area contributed by atoms with Gasteiger partial charge in [-0.2, -0.15) is 0 Å². The number of ether oxygens (including phenoxy) is 1. The number of rotatable bonds is 1. The molecule has 0 aliphatic carbocycles. The molecule has 0 aromatic carbocycles. The number of carbonyl (C=O) groups is 1. The van der Waals surface area contributed by atoms with Gasteiger partial charge in [0, 0.05) is 0 Å². The van der Waals surface area contributed by atoms with E-state index in [2.05, 4.69) is 4.98 Å². The predicted molar refractivity (Wildman–Crippen MR) is 66.9 cm³/mol. The van der Waals surface area contributed by atoms with Crippen LogP contribution < -0.4 is 4.74 Å². The van der Waals surface area contributed by atoms with E-state index in [0.29, 0.717) is 23.1 Å². The molecule has 6 heteroatoms. The van der Waals surface area contributed by atoms with Gasteiger partial charge in [-0.25, -0.2) is 9.78 Å². The van der Waals surface area contributed by atoms with Crippen LogP contribution in [0.3, 0.4) is 0 Å². The van der Waals surface area contributed by atoms with E-state index in [4.69, 9.17) is 21.4 Å². The van der Waals surface area contributed by atoms with Crippen LogP contribution in [0.5, 0.6) is 5.75 Å². The lowest BCUT2D eigenvalue weighted by atomic mass is 10.1. The van der Waals surface area contributed by atoms with E-state index in [1.807, 2.05) is 13.8 Å². The van der Waals surface area contributed by atoms with Gasteiger partial charge in [0.2, 0.25) is 0 Å². The topological polar surface area (TPSA) is 62.7 Å². The molecule has 0 bridgehead atoms. The van der Waals surface area contributed by atoms with Crippen molar-refractivity contribution in [3.8, 4) is 5.75 Å². The molecule has 0 radical (unpaired) electrons. The molecule has 1 aliphatic heterocycles. The second kappa shape index (κ2) is 5.02. The van der Waals surface area contributed by atoms with E-state index in [9.17, 15) is 4.79 Å². The molecule has 0 saturated carbocycles. The van der Waals surface area contributed by atoms with Gasteiger partial charge in [-0.1, -0.05) is 25.4 Å². The van der Waals surface area contributed by atoms with Crippen LogP contribution in [0.4, 0.5) is 4.79 Å². The Hall–Kier alpha value is -1.49. The van der Waals surface area contributed by atoms with Crippen LogP contribution in [0.15, 0.2) is 12.1 Å². The van der Waals surface area contributed by atoms with Crippen molar-refractivity contribution >= 4 is 17.7 Å². The van der Waals surface area contributed by atoms with Crippen LogP contribution in [-0.4, -0.2) is 33.7 Å². The lowest BCUT2D eigenvalue weighted by Crippen LogP contribution is -2.38. The van der Waals surface area contributed by atoms with E-state index < -0.39 is 6.09 Å². The molecule has 1 atom stereocenters. The Morgan fingerprint density at radius 3 is 2.94 bits per heavy atom. The highest BCUT2D eigenvalue weighted by atomic mass is 35.5. The Balaban J connectivity index is 2.36. The van der Waals surface area contributed by atoms with Gasteiger partial charge in [0.05, 0.1) is 13.1 Å². The molecule has 1 N–H and O–H groups in total. The zero-order chi connectivity index (χ0) is 13.3. The van der Waals surface area contributed by atoms with Gasteiger partial charge in [-0.15, -0.1) is 0 Å². The minimum atomic E-state index is -0.973. The number of halogens is 1. The highest BCUT2D eigenvalue weighted by molar-refractivity contribution is 6.29. The SMILES string of the molecule is CC(C)[C@@H]1CN(C(=O)O)Cc2nc(Cl)ccc2O1. The molecule has 18 heavy (non-hydrogen) atoms. The molecular formula is C12H15ClN2O3. The van der Waals surface area contributed by atoms with Crippen molar-refractivity contribution in [3.05, 3.63) is 23.0 Å². The van der Waals surface area contributed by atoms with Crippen molar-refractivity contribution in [2.24, 2.45) is 5.92 Å². The average molecular weight is 271 g/mol. The number of fused-ring (bicyclic) bond motifs is 1. The van der Waals surface area contributed by atoms with Crippen LogP contribution in [0.1, 0.15) is 19.5 Å². The molecule has 0 saturated heterocycles. The van der Waals surface area contributed by atoms with Crippen molar-refractivity contribution in [1.29, 1.82) is 0 Å². The van der Waals surface area contributed by atoms with E-state index in [1.165, 1.54) is 4.90 Å². The van der Waals surface area contributed by atoms with Gasteiger partial charge in [-0.3, -0.25) is 4.90 Å². The third kappa shape index (κ3) is 2.67. The first-order valence-corrected chi connectivity index (χ1v) is 6.15. The van der Waals surface area contributed by atoms with Crippen molar-refractivity contribution in [1.82, 2.24) is 9.88 Å². The van der Waals surface area contributed by atoms with Gasteiger partial charge in [0.25, 0.3) is 0 Å². The number of carboxylic acid groups (broad SMARTS) is 1. The summed E-state index contributed by atoms with van der Waals surface area (Å²) in [6.45, 7) is 4.54. The lowest BCUT2D eigenvalue weighted by Gasteiger charge is -2.24. The summed E-state index contributed by atoms with van der Waals surface area (Å²) < 4.78 is 5.83. The van der Waals surface area contributed by atoms with Crippen molar-refractivity contribution in [2.45, 2.75) is 26.5 Å². The van der Waals surface area contributed by atoms with Crippen molar-refractivity contribution in [3.63, 3.8) is 0 Å². The molecule has 5 nitrogen and oxygen atoms in total. The fourth-order valence-electron chi connectivity index (χ4n) is 1.84. The monoisotopic (exact) mass is 270 g/mol. The summed E-state index contributed by atoms with van der Waals surface area (Å²) in [5.74, 6) is 0.829. The fraction of sp³-hybridized carbons (Fsp3) is 0.500. The molecule has 1 amide bonds. The summed E-state index contributed by atoms with van der Waals surface area (Å²) in [5, 5.41) is 9.51. The first-order valence-electron chi connectivity index (χ1n) is 5.77. The van der Waals surface area contributed by atoms with Crippen LogP contribution in [-0.2, 0) is 6.54 Å². The van der Waals surface area contributed by atoms with Gasteiger partial charge >= 0.3 is 6.09 Å². The summed E-state index contributed by atoms with van der Waals surface area (Å²) in [6.07, 6.45) is -1.15.